The van der Waals surface area contributed by atoms with Gasteiger partial charge in [0.15, 0.2) is 0 Å². The molecule has 0 unspecified atom stereocenters. The van der Waals surface area contributed by atoms with E-state index in [2.05, 4.69) is 10.3 Å². The van der Waals surface area contributed by atoms with E-state index in [1.807, 2.05) is 26.0 Å². The first-order valence-electron chi connectivity index (χ1n) is 8.47. The summed E-state index contributed by atoms with van der Waals surface area (Å²) < 4.78 is 26.1. The lowest BCUT2D eigenvalue weighted by Gasteiger charge is -2.30. The summed E-state index contributed by atoms with van der Waals surface area (Å²) in [4.78, 5) is 16.7. The van der Waals surface area contributed by atoms with Crippen LogP contribution in [0.15, 0.2) is 42.7 Å². The number of nitrogens with zero attached hydrogens (tertiary/aromatic N) is 2. The van der Waals surface area contributed by atoms with Crippen LogP contribution in [0.3, 0.4) is 0 Å². The van der Waals surface area contributed by atoms with Gasteiger partial charge in [-0.2, -0.15) is 0 Å². The Morgan fingerprint density at radius 3 is 2.50 bits per heavy atom. The van der Waals surface area contributed by atoms with Crippen LogP contribution in [-0.4, -0.2) is 31.6 Å². The normalized spacial score (nSPS) is 12.5. The lowest BCUT2D eigenvalue weighted by Crippen LogP contribution is -2.49. The molecule has 0 radical (unpaired) electrons. The Balaban J connectivity index is 2.29. The quantitative estimate of drug-likeness (QED) is 0.807. The van der Waals surface area contributed by atoms with Crippen LogP contribution in [0.25, 0.3) is 0 Å². The molecule has 1 amide bonds. The van der Waals surface area contributed by atoms with E-state index in [1.165, 1.54) is 4.31 Å². The monoisotopic (exact) mass is 375 g/mol. The van der Waals surface area contributed by atoms with Crippen LogP contribution >= 0.6 is 0 Å². The molecule has 0 fully saturated rings. The summed E-state index contributed by atoms with van der Waals surface area (Å²) in [5.41, 5.74) is 3.39. The molecule has 0 saturated carbocycles. The number of sulfonamides is 1. The summed E-state index contributed by atoms with van der Waals surface area (Å²) in [5, 5.41) is 2.81. The Bertz CT molecular complexity index is 867. The molecule has 0 aliphatic heterocycles. The number of pyridine rings is 1. The standard InChI is InChI=1S/C19H25N3O3S/c1-5-18(19(23)21-13-16-7-6-10-20-12-16)22(26(4,24)25)17-9-8-14(2)15(3)11-17/h6-12,18H,5,13H2,1-4H3,(H,21,23)/t18-/m0/s1. The fourth-order valence-corrected chi connectivity index (χ4v) is 3.94. The zero-order chi connectivity index (χ0) is 19.3. The molecule has 0 saturated heterocycles. The number of rotatable bonds is 7. The number of hydrogen-bond acceptors (Lipinski definition) is 4. The van der Waals surface area contributed by atoms with Gasteiger partial charge < -0.3 is 5.32 Å². The maximum atomic E-state index is 12.7. The second kappa shape index (κ2) is 8.31. The summed E-state index contributed by atoms with van der Waals surface area (Å²) in [7, 11) is -3.63. The number of carbonyl (C=O) groups excluding carboxylic acids is 1. The molecule has 0 aliphatic rings. The number of aromatic nitrogens is 1. The smallest absolute Gasteiger partial charge is 0.244 e. The van der Waals surface area contributed by atoms with Crippen LogP contribution < -0.4 is 9.62 Å². The van der Waals surface area contributed by atoms with Gasteiger partial charge in [0.2, 0.25) is 15.9 Å². The average Bonchev–Trinajstić information content (AvgIpc) is 2.60. The van der Waals surface area contributed by atoms with Gasteiger partial charge in [0.05, 0.1) is 11.9 Å². The number of hydrogen-bond donors (Lipinski definition) is 1. The first-order chi connectivity index (χ1) is 12.2. The summed E-state index contributed by atoms with van der Waals surface area (Å²) in [6.45, 7) is 5.98. The maximum Gasteiger partial charge on any atom is 0.244 e. The van der Waals surface area contributed by atoms with Crippen LogP contribution in [0.5, 0.6) is 0 Å². The highest BCUT2D eigenvalue weighted by Crippen LogP contribution is 2.25. The van der Waals surface area contributed by atoms with Crippen LogP contribution in [-0.2, 0) is 21.4 Å². The first kappa shape index (κ1) is 19.9. The van der Waals surface area contributed by atoms with E-state index >= 15 is 0 Å². The predicted octanol–water partition coefficient (Wildman–Crippen LogP) is 2.56. The maximum absolute atomic E-state index is 12.7. The highest BCUT2D eigenvalue weighted by Gasteiger charge is 2.31. The molecule has 7 heteroatoms. The van der Waals surface area contributed by atoms with Crippen molar-refractivity contribution < 1.29 is 13.2 Å². The summed E-state index contributed by atoms with van der Waals surface area (Å²) in [6.07, 6.45) is 4.81. The van der Waals surface area contributed by atoms with Gasteiger partial charge in [-0.05, 0) is 55.2 Å². The van der Waals surface area contributed by atoms with Crippen molar-refractivity contribution in [3.05, 3.63) is 59.4 Å². The minimum Gasteiger partial charge on any atom is -0.350 e. The van der Waals surface area contributed by atoms with Crippen LogP contribution in [0.4, 0.5) is 5.69 Å². The van der Waals surface area contributed by atoms with Crippen molar-refractivity contribution in [3.63, 3.8) is 0 Å². The molecule has 1 aromatic carbocycles. The lowest BCUT2D eigenvalue weighted by molar-refractivity contribution is -0.122. The van der Waals surface area contributed by atoms with Crippen molar-refractivity contribution in [2.75, 3.05) is 10.6 Å². The van der Waals surface area contributed by atoms with E-state index in [9.17, 15) is 13.2 Å². The van der Waals surface area contributed by atoms with Crippen molar-refractivity contribution in [3.8, 4) is 0 Å². The third kappa shape index (κ3) is 4.82. The minimum absolute atomic E-state index is 0.299. The molecule has 6 nitrogen and oxygen atoms in total. The van der Waals surface area contributed by atoms with E-state index in [1.54, 1.807) is 37.5 Å². The number of nitrogens with one attached hydrogen (secondary N) is 1. The highest BCUT2D eigenvalue weighted by atomic mass is 32.2. The minimum atomic E-state index is -3.63. The molecule has 1 aromatic heterocycles. The number of anilines is 1. The molecular weight excluding hydrogens is 350 g/mol. The van der Waals surface area contributed by atoms with E-state index in [-0.39, 0.29) is 5.91 Å². The number of carbonyl (C=O) groups is 1. The zero-order valence-electron chi connectivity index (χ0n) is 15.6. The molecule has 26 heavy (non-hydrogen) atoms. The van der Waals surface area contributed by atoms with E-state index in [0.717, 1.165) is 22.9 Å². The van der Waals surface area contributed by atoms with Gasteiger partial charge >= 0.3 is 0 Å². The molecule has 140 valence electrons. The molecule has 2 rings (SSSR count). The first-order valence-corrected chi connectivity index (χ1v) is 10.3. The fourth-order valence-electron chi connectivity index (χ4n) is 2.73. The Labute approximate surface area is 155 Å². The number of aryl methyl sites for hydroxylation is 2. The molecule has 1 N–H and O–H groups in total. The molecule has 0 spiro atoms. The summed E-state index contributed by atoms with van der Waals surface area (Å²) in [6, 6.07) is 8.23. The molecular formula is C19H25N3O3S. The Kier molecular flexibility index (Phi) is 6.37. The second-order valence-electron chi connectivity index (χ2n) is 6.33. The van der Waals surface area contributed by atoms with Gasteiger partial charge in [-0.1, -0.05) is 19.1 Å². The van der Waals surface area contributed by atoms with E-state index in [0.29, 0.717) is 18.7 Å². The van der Waals surface area contributed by atoms with E-state index in [4.69, 9.17) is 0 Å². The molecule has 1 atom stereocenters. The van der Waals surface area contributed by atoms with Crippen molar-refractivity contribution in [2.45, 2.75) is 39.8 Å². The van der Waals surface area contributed by atoms with Crippen LogP contribution in [0.1, 0.15) is 30.0 Å². The molecule has 1 heterocycles. The summed E-state index contributed by atoms with van der Waals surface area (Å²) in [5.74, 6) is -0.333. The fraction of sp³-hybridized carbons (Fsp3) is 0.368. The van der Waals surface area contributed by atoms with E-state index < -0.39 is 16.1 Å². The molecule has 0 aliphatic carbocycles. The third-order valence-corrected chi connectivity index (χ3v) is 5.44. The third-order valence-electron chi connectivity index (χ3n) is 4.26. The Morgan fingerprint density at radius 1 is 1.23 bits per heavy atom. The molecule has 0 bridgehead atoms. The van der Waals surface area contributed by atoms with Crippen molar-refractivity contribution in [2.24, 2.45) is 0 Å². The van der Waals surface area contributed by atoms with Gasteiger partial charge in [0, 0.05) is 18.9 Å². The van der Waals surface area contributed by atoms with Crippen molar-refractivity contribution >= 4 is 21.6 Å². The van der Waals surface area contributed by atoms with Gasteiger partial charge in [-0.3, -0.25) is 14.1 Å². The van der Waals surface area contributed by atoms with Gasteiger partial charge in [-0.15, -0.1) is 0 Å². The molecule has 2 aromatic rings. The van der Waals surface area contributed by atoms with Crippen LogP contribution in [0, 0.1) is 13.8 Å². The zero-order valence-corrected chi connectivity index (χ0v) is 16.4. The van der Waals surface area contributed by atoms with Crippen molar-refractivity contribution in [1.29, 1.82) is 0 Å². The predicted molar refractivity (Wildman–Crippen MR) is 103 cm³/mol. The highest BCUT2D eigenvalue weighted by molar-refractivity contribution is 7.92. The second-order valence-corrected chi connectivity index (χ2v) is 8.19. The van der Waals surface area contributed by atoms with Gasteiger partial charge in [-0.25, -0.2) is 8.42 Å². The Morgan fingerprint density at radius 2 is 1.96 bits per heavy atom. The number of benzene rings is 1. The average molecular weight is 375 g/mol. The van der Waals surface area contributed by atoms with Crippen LogP contribution in [0.2, 0.25) is 0 Å². The largest absolute Gasteiger partial charge is 0.350 e. The van der Waals surface area contributed by atoms with Gasteiger partial charge in [0.1, 0.15) is 6.04 Å². The topological polar surface area (TPSA) is 79.4 Å². The summed E-state index contributed by atoms with van der Waals surface area (Å²) >= 11 is 0. The number of amides is 1. The van der Waals surface area contributed by atoms with Crippen molar-refractivity contribution in [1.82, 2.24) is 10.3 Å². The Hall–Kier alpha value is -2.41. The lowest BCUT2D eigenvalue weighted by atomic mass is 10.1. The SMILES string of the molecule is CC[C@@H](C(=O)NCc1cccnc1)N(c1ccc(C)c(C)c1)S(C)(=O)=O. The van der Waals surface area contributed by atoms with Gasteiger partial charge in [0.25, 0.3) is 0 Å².